The molecule has 0 fully saturated rings. The van der Waals surface area contributed by atoms with Crippen LogP contribution in [0.5, 0.6) is 0 Å². The summed E-state index contributed by atoms with van der Waals surface area (Å²) >= 11 is 1.78. The lowest BCUT2D eigenvalue weighted by atomic mass is 10.1. The molecule has 1 aromatic heterocycles. The molecule has 0 atom stereocenters. The zero-order valence-electron chi connectivity index (χ0n) is 18.9. The van der Waals surface area contributed by atoms with Crippen LogP contribution >= 0.6 is 11.8 Å². The highest BCUT2D eigenvalue weighted by atomic mass is 32.2. The molecule has 0 saturated heterocycles. The molecule has 0 spiro atoms. The smallest absolute Gasteiger partial charge is 0.256 e. The van der Waals surface area contributed by atoms with Gasteiger partial charge >= 0.3 is 0 Å². The summed E-state index contributed by atoms with van der Waals surface area (Å²) in [5, 5.41) is 7.73. The van der Waals surface area contributed by atoms with Gasteiger partial charge in [-0.1, -0.05) is 13.8 Å². The number of sulfonamides is 1. The van der Waals surface area contributed by atoms with E-state index in [4.69, 9.17) is 5.10 Å². The molecule has 31 heavy (non-hydrogen) atoms. The fraction of sp³-hybridized carbons (Fsp3) is 0.545. The summed E-state index contributed by atoms with van der Waals surface area (Å²) in [5.41, 5.74) is 2.24. The van der Waals surface area contributed by atoms with Crippen LogP contribution in [0.2, 0.25) is 0 Å². The number of benzene rings is 1. The molecule has 1 N–H and O–H groups in total. The number of thioether (sulfide) groups is 1. The summed E-state index contributed by atoms with van der Waals surface area (Å²) in [6.07, 6.45) is 1.51. The summed E-state index contributed by atoms with van der Waals surface area (Å²) in [6, 6.07) is 6.18. The highest BCUT2D eigenvalue weighted by molar-refractivity contribution is 7.98. The van der Waals surface area contributed by atoms with Gasteiger partial charge in [0, 0.05) is 35.7 Å². The van der Waals surface area contributed by atoms with Crippen LogP contribution in [0.3, 0.4) is 0 Å². The minimum atomic E-state index is -3.57. The summed E-state index contributed by atoms with van der Waals surface area (Å²) in [4.78, 5) is 13.2. The largest absolute Gasteiger partial charge is 0.306 e. The predicted molar refractivity (Wildman–Crippen MR) is 126 cm³/mol. The van der Waals surface area contributed by atoms with Gasteiger partial charge in [0.15, 0.2) is 0 Å². The van der Waals surface area contributed by atoms with Gasteiger partial charge in [-0.3, -0.25) is 4.79 Å². The Morgan fingerprint density at radius 1 is 1.13 bits per heavy atom. The first kappa shape index (κ1) is 23.8. The van der Waals surface area contributed by atoms with E-state index < -0.39 is 10.0 Å². The second-order valence-corrected chi connectivity index (χ2v) is 11.7. The summed E-state index contributed by atoms with van der Waals surface area (Å²) < 4.78 is 29.3. The van der Waals surface area contributed by atoms with Gasteiger partial charge in [-0.05, 0) is 57.9 Å². The maximum atomic E-state index is 13.0. The zero-order chi connectivity index (χ0) is 22.8. The number of rotatable bonds is 8. The van der Waals surface area contributed by atoms with E-state index in [1.807, 2.05) is 18.5 Å². The molecule has 7 nitrogen and oxygen atoms in total. The van der Waals surface area contributed by atoms with Crippen molar-refractivity contribution in [3.63, 3.8) is 0 Å². The van der Waals surface area contributed by atoms with Gasteiger partial charge in [0.1, 0.15) is 5.82 Å². The van der Waals surface area contributed by atoms with E-state index in [1.165, 1.54) is 16.4 Å². The molecule has 2 aromatic rings. The van der Waals surface area contributed by atoms with Crippen LogP contribution < -0.4 is 5.32 Å². The van der Waals surface area contributed by atoms with Gasteiger partial charge < -0.3 is 5.32 Å². The van der Waals surface area contributed by atoms with Crippen molar-refractivity contribution in [3.05, 3.63) is 41.1 Å². The van der Waals surface area contributed by atoms with Crippen molar-refractivity contribution < 1.29 is 13.2 Å². The molecule has 2 heterocycles. The number of carbonyl (C=O) groups excluding carboxylic acids is 1. The summed E-state index contributed by atoms with van der Waals surface area (Å²) in [5.74, 6) is 2.13. The molecule has 0 radical (unpaired) electrons. The second kappa shape index (κ2) is 9.34. The molecule has 170 valence electrons. The number of anilines is 1. The Kier molecular flexibility index (Phi) is 7.18. The number of amides is 1. The number of hydrogen-bond donors (Lipinski definition) is 1. The lowest BCUT2D eigenvalue weighted by molar-refractivity contribution is 0.102. The van der Waals surface area contributed by atoms with E-state index in [0.29, 0.717) is 18.7 Å². The Balaban J connectivity index is 1.84. The first-order chi connectivity index (χ1) is 14.6. The van der Waals surface area contributed by atoms with Gasteiger partial charge in [0.25, 0.3) is 5.91 Å². The Morgan fingerprint density at radius 3 is 2.29 bits per heavy atom. The van der Waals surface area contributed by atoms with E-state index in [-0.39, 0.29) is 16.3 Å². The van der Waals surface area contributed by atoms with Gasteiger partial charge in [-0.25, -0.2) is 13.1 Å². The molecule has 1 amide bonds. The molecular formula is C22H32N4O3S2. The molecule has 3 rings (SSSR count). The maximum Gasteiger partial charge on any atom is 0.256 e. The number of aromatic nitrogens is 2. The third-order valence-electron chi connectivity index (χ3n) is 5.12. The van der Waals surface area contributed by atoms with Crippen LogP contribution in [0.1, 0.15) is 69.1 Å². The van der Waals surface area contributed by atoms with E-state index in [0.717, 1.165) is 41.4 Å². The lowest BCUT2D eigenvalue weighted by Crippen LogP contribution is -2.32. The lowest BCUT2D eigenvalue weighted by Gasteiger charge is -2.23. The SMILES string of the molecule is CCCN(CCC)S(=O)(=O)c1ccc(C(=O)Nc2c3c(nn2C(C)(C)C)CSC3)cc1. The molecule has 1 aliphatic rings. The standard InChI is InChI=1S/C22H32N4O3S2/c1-6-12-25(13-7-2)31(28,29)17-10-8-16(9-11-17)21(27)23-20-18-14-30-15-19(18)24-26(20)22(3,4)5/h8-11H,6-7,12-15H2,1-5H3,(H,23,27). The molecule has 0 bridgehead atoms. The molecule has 0 unspecified atom stereocenters. The average Bonchev–Trinajstić information content (AvgIpc) is 3.30. The minimum Gasteiger partial charge on any atom is -0.306 e. The number of carbonyl (C=O) groups is 1. The topological polar surface area (TPSA) is 84.3 Å². The maximum absolute atomic E-state index is 13.0. The Labute approximate surface area is 189 Å². The summed E-state index contributed by atoms with van der Waals surface area (Å²) in [7, 11) is -3.57. The van der Waals surface area contributed by atoms with E-state index in [9.17, 15) is 13.2 Å². The molecule has 1 aromatic carbocycles. The minimum absolute atomic E-state index is 0.211. The molecular weight excluding hydrogens is 432 g/mol. The average molecular weight is 465 g/mol. The van der Waals surface area contributed by atoms with Crippen LogP contribution in [0.4, 0.5) is 5.82 Å². The monoisotopic (exact) mass is 464 g/mol. The molecule has 9 heteroatoms. The van der Waals surface area contributed by atoms with Crippen molar-refractivity contribution in [1.82, 2.24) is 14.1 Å². The molecule has 1 aliphatic heterocycles. The van der Waals surface area contributed by atoms with E-state index >= 15 is 0 Å². The third-order valence-corrected chi connectivity index (χ3v) is 8.00. The number of nitrogens with one attached hydrogen (secondary N) is 1. The van der Waals surface area contributed by atoms with Crippen molar-refractivity contribution in [2.24, 2.45) is 0 Å². The fourth-order valence-corrected chi connectivity index (χ4v) is 6.24. The van der Waals surface area contributed by atoms with Gasteiger partial charge in [-0.2, -0.15) is 21.2 Å². The predicted octanol–water partition coefficient (Wildman–Crippen LogP) is 4.45. The Hall–Kier alpha value is -1.84. The van der Waals surface area contributed by atoms with Gasteiger partial charge in [0.05, 0.1) is 16.1 Å². The first-order valence-electron chi connectivity index (χ1n) is 10.7. The number of nitrogens with zero attached hydrogens (tertiary/aromatic N) is 3. The molecule has 0 saturated carbocycles. The van der Waals surface area contributed by atoms with Crippen LogP contribution in [0.15, 0.2) is 29.2 Å². The van der Waals surface area contributed by atoms with E-state index in [1.54, 1.807) is 23.9 Å². The highest BCUT2D eigenvalue weighted by Gasteiger charge is 2.29. The Bertz CT molecular complexity index is 1030. The fourth-order valence-electron chi connectivity index (χ4n) is 3.58. The van der Waals surface area contributed by atoms with Crippen LogP contribution in [0, 0.1) is 0 Å². The number of hydrogen-bond acceptors (Lipinski definition) is 5. The van der Waals surface area contributed by atoms with Crippen LogP contribution in [0.25, 0.3) is 0 Å². The normalized spacial score (nSPS) is 14.1. The van der Waals surface area contributed by atoms with Gasteiger partial charge in [-0.15, -0.1) is 0 Å². The van der Waals surface area contributed by atoms with Crippen molar-refractivity contribution in [2.75, 3.05) is 18.4 Å². The first-order valence-corrected chi connectivity index (χ1v) is 13.3. The zero-order valence-corrected chi connectivity index (χ0v) is 20.6. The molecule has 0 aliphatic carbocycles. The van der Waals surface area contributed by atoms with Crippen LogP contribution in [-0.4, -0.2) is 41.5 Å². The highest BCUT2D eigenvalue weighted by Crippen LogP contribution is 2.37. The van der Waals surface area contributed by atoms with Crippen molar-refractivity contribution >= 4 is 33.5 Å². The quantitative estimate of drug-likeness (QED) is 0.624. The van der Waals surface area contributed by atoms with Crippen molar-refractivity contribution in [3.8, 4) is 0 Å². The van der Waals surface area contributed by atoms with Crippen molar-refractivity contribution in [2.45, 2.75) is 69.4 Å². The van der Waals surface area contributed by atoms with Gasteiger partial charge in [0.2, 0.25) is 10.0 Å². The van der Waals surface area contributed by atoms with Crippen molar-refractivity contribution in [1.29, 1.82) is 0 Å². The third kappa shape index (κ3) is 4.99. The summed E-state index contributed by atoms with van der Waals surface area (Å²) in [6.45, 7) is 11.0. The van der Waals surface area contributed by atoms with Crippen LogP contribution in [-0.2, 0) is 27.1 Å². The van der Waals surface area contributed by atoms with E-state index in [2.05, 4.69) is 26.1 Å². The Morgan fingerprint density at radius 2 is 1.74 bits per heavy atom. The second-order valence-electron chi connectivity index (χ2n) is 8.73. The number of fused-ring (bicyclic) bond motifs is 1.